The van der Waals surface area contributed by atoms with Gasteiger partial charge in [0.15, 0.2) is 13.4 Å². The Bertz CT molecular complexity index is 517. The Hall–Kier alpha value is -1.40. The normalized spacial score (nSPS) is 20.4. The van der Waals surface area contributed by atoms with Gasteiger partial charge < -0.3 is 29.7 Å². The average molecular weight is 302 g/mol. The molecule has 0 amide bonds. The monoisotopic (exact) mass is 302 g/mol. The molecule has 1 heterocycles. The predicted molar refractivity (Wildman–Crippen MR) is 74.2 cm³/mol. The molecule has 1 aromatic carbocycles. The van der Waals surface area contributed by atoms with Crippen LogP contribution in [-0.2, 0) is 13.9 Å². The van der Waals surface area contributed by atoms with E-state index in [4.69, 9.17) is 14.1 Å². The first-order valence-electron chi connectivity index (χ1n) is 5.89. The Labute approximate surface area is 117 Å². The minimum absolute atomic E-state index is 0. The van der Waals surface area contributed by atoms with Gasteiger partial charge in [0, 0.05) is 6.42 Å². The maximum absolute atomic E-state index is 11.7. The zero-order valence-corrected chi connectivity index (χ0v) is 12.6. The molecule has 0 spiro atoms. The lowest BCUT2D eigenvalue weighted by Crippen LogP contribution is -2.19. The number of benzene rings is 1. The summed E-state index contributed by atoms with van der Waals surface area (Å²) < 4.78 is 21.5. The van der Waals surface area contributed by atoms with Gasteiger partial charge >= 0.3 is 0 Å². The van der Waals surface area contributed by atoms with Crippen LogP contribution >= 0.6 is 7.60 Å². The van der Waals surface area contributed by atoms with E-state index in [1.165, 1.54) is 0 Å². The van der Waals surface area contributed by atoms with Crippen LogP contribution in [-0.4, -0.2) is 25.3 Å². The summed E-state index contributed by atoms with van der Waals surface area (Å²) in [6, 6.07) is 7.18. The van der Waals surface area contributed by atoms with Crippen molar-refractivity contribution >= 4 is 13.3 Å². The van der Waals surface area contributed by atoms with E-state index in [9.17, 15) is 9.46 Å². The topological polar surface area (TPSA) is 117 Å². The first kappa shape index (κ1) is 16.7. The fraction of sp³-hybridized carbons (Fsp3) is 0.417. The van der Waals surface area contributed by atoms with Crippen molar-refractivity contribution in [1.82, 2.24) is 6.15 Å². The van der Waals surface area contributed by atoms with Gasteiger partial charge in [-0.1, -0.05) is 5.16 Å². The zero-order chi connectivity index (χ0) is 13.9. The van der Waals surface area contributed by atoms with E-state index in [2.05, 4.69) is 5.16 Å². The first-order valence-corrected chi connectivity index (χ1v) is 7.50. The number of oxime groups is 1. The Morgan fingerprint density at radius 1 is 1.45 bits per heavy atom. The largest absolute Gasteiger partial charge is 0.776 e. The molecule has 4 N–H and O–H groups in total. The molecule has 1 aliphatic heterocycles. The van der Waals surface area contributed by atoms with Gasteiger partial charge in [-0.2, -0.15) is 0 Å². The van der Waals surface area contributed by atoms with Crippen LogP contribution in [0.5, 0.6) is 5.75 Å². The second kappa shape index (κ2) is 6.85. The molecule has 0 aliphatic carbocycles. The molecule has 112 valence electrons. The van der Waals surface area contributed by atoms with Gasteiger partial charge in [-0.25, -0.2) is 0 Å². The van der Waals surface area contributed by atoms with Crippen LogP contribution in [0.4, 0.5) is 0 Å². The summed E-state index contributed by atoms with van der Waals surface area (Å²) in [5, 5.41) is 3.82. The molecule has 20 heavy (non-hydrogen) atoms. The van der Waals surface area contributed by atoms with Crippen LogP contribution in [0, 0.1) is 0 Å². The van der Waals surface area contributed by atoms with Crippen LogP contribution in [0.25, 0.3) is 0 Å². The minimum atomic E-state index is -4.02. The molecular formula is C12H19N2O5P. The van der Waals surface area contributed by atoms with Crippen molar-refractivity contribution in [3.05, 3.63) is 29.8 Å². The van der Waals surface area contributed by atoms with Gasteiger partial charge in [-0.05, 0) is 36.8 Å². The predicted octanol–water partition coefficient (Wildman–Crippen LogP) is 2.11. The van der Waals surface area contributed by atoms with Crippen LogP contribution in [0.15, 0.2) is 29.4 Å². The van der Waals surface area contributed by atoms with Gasteiger partial charge in [0.2, 0.25) is 0 Å². The number of hydrogen-bond acceptors (Lipinski definition) is 6. The van der Waals surface area contributed by atoms with Crippen molar-refractivity contribution in [2.24, 2.45) is 5.16 Å². The molecule has 7 nitrogen and oxygen atoms in total. The Morgan fingerprint density at radius 2 is 2.10 bits per heavy atom. The molecule has 0 saturated carbocycles. The van der Waals surface area contributed by atoms with E-state index >= 15 is 0 Å². The molecule has 0 bridgehead atoms. The molecule has 0 aromatic heterocycles. The quantitative estimate of drug-likeness (QED) is 0.836. The second-order valence-electron chi connectivity index (χ2n) is 3.99. The van der Waals surface area contributed by atoms with Crippen LogP contribution in [0.1, 0.15) is 18.9 Å². The lowest BCUT2D eigenvalue weighted by molar-refractivity contribution is -0.208. The highest BCUT2D eigenvalue weighted by Crippen LogP contribution is 2.47. The van der Waals surface area contributed by atoms with E-state index in [0.717, 1.165) is 11.3 Å². The van der Waals surface area contributed by atoms with Gasteiger partial charge in [-0.3, -0.25) is 0 Å². The van der Waals surface area contributed by atoms with E-state index in [1.54, 1.807) is 38.3 Å². The maximum Gasteiger partial charge on any atom is 0.196 e. The summed E-state index contributed by atoms with van der Waals surface area (Å²) in [6.07, 6.45) is 0.188. The third kappa shape index (κ3) is 3.58. The minimum Gasteiger partial charge on any atom is -0.776 e. The van der Waals surface area contributed by atoms with Gasteiger partial charge in [0.25, 0.3) is 0 Å². The Morgan fingerprint density at radius 3 is 2.65 bits per heavy atom. The highest BCUT2D eigenvalue weighted by molar-refractivity contribution is 7.52. The van der Waals surface area contributed by atoms with Crippen molar-refractivity contribution in [1.29, 1.82) is 0 Å². The van der Waals surface area contributed by atoms with E-state index in [0.29, 0.717) is 5.71 Å². The number of ether oxygens (including phenoxy) is 1. The number of quaternary nitrogens is 1. The van der Waals surface area contributed by atoms with Crippen molar-refractivity contribution < 1.29 is 23.6 Å². The summed E-state index contributed by atoms with van der Waals surface area (Å²) >= 11 is 0. The summed E-state index contributed by atoms with van der Waals surface area (Å²) in [5.74, 6) is -0.312. The summed E-state index contributed by atoms with van der Waals surface area (Å²) in [4.78, 5) is 16.6. The fourth-order valence-corrected chi connectivity index (χ4v) is 2.84. The van der Waals surface area contributed by atoms with Crippen molar-refractivity contribution in [3.63, 3.8) is 0 Å². The van der Waals surface area contributed by atoms with Crippen molar-refractivity contribution in [3.8, 4) is 5.75 Å². The lowest BCUT2D eigenvalue weighted by atomic mass is 10.1. The van der Waals surface area contributed by atoms with Gasteiger partial charge in [0.05, 0.1) is 19.4 Å². The molecule has 2 rings (SSSR count). The van der Waals surface area contributed by atoms with E-state index in [1.807, 2.05) is 0 Å². The zero-order valence-electron chi connectivity index (χ0n) is 11.7. The fourth-order valence-electron chi connectivity index (χ4n) is 1.75. The molecule has 8 heteroatoms. The number of methoxy groups -OCH3 is 1. The molecular weight excluding hydrogens is 283 g/mol. The van der Waals surface area contributed by atoms with E-state index < -0.39 is 13.4 Å². The smallest absolute Gasteiger partial charge is 0.196 e. The summed E-state index contributed by atoms with van der Waals surface area (Å²) in [7, 11) is -2.44. The van der Waals surface area contributed by atoms with E-state index in [-0.39, 0.29) is 19.2 Å². The molecule has 2 unspecified atom stereocenters. The third-order valence-electron chi connectivity index (χ3n) is 2.74. The molecule has 0 radical (unpaired) electrons. The molecule has 1 aromatic rings. The number of rotatable bonds is 5. The first-order chi connectivity index (χ1) is 9.06. The SMILES string of the molecule is CCOP(=O)([O-])C1CC(c2ccc(OC)cc2)=NO1.[NH4+]. The highest BCUT2D eigenvalue weighted by Gasteiger charge is 2.32. The average Bonchev–Trinajstić information content (AvgIpc) is 2.89. The van der Waals surface area contributed by atoms with Crippen LogP contribution < -0.4 is 15.8 Å². The lowest BCUT2D eigenvalue weighted by Gasteiger charge is -2.26. The summed E-state index contributed by atoms with van der Waals surface area (Å²) in [6.45, 7) is 1.71. The maximum atomic E-state index is 11.7. The van der Waals surface area contributed by atoms with Crippen LogP contribution in [0.3, 0.4) is 0 Å². The standard InChI is InChI=1S/C12H16NO5P.H3N/c1-3-17-19(14,15)12-8-11(13-18-12)9-4-6-10(16-2)7-5-9;/h4-7,12H,3,8H2,1-2H3,(H,14,15);1H3. The number of nitrogens with zero attached hydrogens (tertiary/aromatic N) is 1. The second-order valence-corrected chi connectivity index (χ2v) is 5.90. The Kier molecular flexibility index (Phi) is 5.71. The molecule has 0 fully saturated rings. The Balaban J connectivity index is 0.00000200. The van der Waals surface area contributed by atoms with Crippen molar-refractivity contribution in [2.75, 3.05) is 13.7 Å². The number of hydrogen-bond donors (Lipinski definition) is 1. The molecule has 1 aliphatic rings. The third-order valence-corrected chi connectivity index (χ3v) is 4.34. The molecule has 2 atom stereocenters. The van der Waals surface area contributed by atoms with Gasteiger partial charge in [0.1, 0.15) is 5.75 Å². The van der Waals surface area contributed by atoms with Crippen LogP contribution in [0.2, 0.25) is 0 Å². The van der Waals surface area contributed by atoms with Crippen molar-refractivity contribution in [2.45, 2.75) is 19.2 Å². The summed E-state index contributed by atoms with van der Waals surface area (Å²) in [5.41, 5.74) is 1.39. The van der Waals surface area contributed by atoms with Gasteiger partial charge in [-0.15, -0.1) is 0 Å². The highest BCUT2D eigenvalue weighted by atomic mass is 31.2. The molecule has 0 saturated heterocycles.